The Morgan fingerprint density at radius 3 is 2.83 bits per heavy atom. The van der Waals surface area contributed by atoms with Crippen molar-refractivity contribution in [3.63, 3.8) is 0 Å². The molecule has 0 spiro atoms. The monoisotopic (exact) mass is 314 g/mol. The molecule has 1 aliphatic rings. The minimum Gasteiger partial charge on any atom is -0.486 e. The number of aromatic nitrogens is 1. The van der Waals surface area contributed by atoms with Crippen LogP contribution < -0.4 is 19.5 Å². The van der Waals surface area contributed by atoms with Gasteiger partial charge in [0.2, 0.25) is 11.8 Å². The first-order valence-electron chi connectivity index (χ1n) is 7.39. The molecule has 1 aromatic carbocycles. The number of pyridine rings is 1. The number of amides is 1. The number of carbonyl (C=O) groups excluding carboxylic acids is 1. The van der Waals surface area contributed by atoms with E-state index in [4.69, 9.17) is 14.2 Å². The maximum absolute atomic E-state index is 12.1. The van der Waals surface area contributed by atoms with Crippen LogP contribution in [-0.2, 0) is 17.8 Å². The highest BCUT2D eigenvalue weighted by Gasteiger charge is 2.13. The van der Waals surface area contributed by atoms with Crippen molar-refractivity contribution in [2.24, 2.45) is 0 Å². The maximum atomic E-state index is 12.1. The van der Waals surface area contributed by atoms with Crippen LogP contribution in [0.2, 0.25) is 0 Å². The van der Waals surface area contributed by atoms with Gasteiger partial charge in [-0.1, -0.05) is 6.07 Å². The topological polar surface area (TPSA) is 69.7 Å². The second-order valence-corrected chi connectivity index (χ2v) is 5.14. The number of nitrogens with one attached hydrogen (secondary N) is 1. The highest BCUT2D eigenvalue weighted by Crippen LogP contribution is 2.30. The van der Waals surface area contributed by atoms with Gasteiger partial charge in [0.25, 0.3) is 0 Å². The molecule has 0 saturated heterocycles. The number of fused-ring (bicyclic) bond motifs is 1. The molecule has 1 amide bonds. The Kier molecular flexibility index (Phi) is 4.61. The van der Waals surface area contributed by atoms with Crippen molar-refractivity contribution in [3.8, 4) is 17.4 Å². The Hall–Kier alpha value is -2.76. The van der Waals surface area contributed by atoms with Crippen molar-refractivity contribution in [3.05, 3.63) is 47.7 Å². The summed E-state index contributed by atoms with van der Waals surface area (Å²) in [5, 5.41) is 2.88. The van der Waals surface area contributed by atoms with Crippen LogP contribution in [0.25, 0.3) is 0 Å². The van der Waals surface area contributed by atoms with Gasteiger partial charge in [-0.3, -0.25) is 4.79 Å². The molecule has 0 fully saturated rings. The summed E-state index contributed by atoms with van der Waals surface area (Å²) in [6.45, 7) is 1.52. The van der Waals surface area contributed by atoms with Gasteiger partial charge in [0.1, 0.15) is 13.2 Å². The van der Waals surface area contributed by atoms with Crippen molar-refractivity contribution in [1.82, 2.24) is 10.3 Å². The van der Waals surface area contributed by atoms with Gasteiger partial charge in [0.05, 0.1) is 13.5 Å². The zero-order valence-corrected chi connectivity index (χ0v) is 12.9. The van der Waals surface area contributed by atoms with Crippen molar-refractivity contribution >= 4 is 5.91 Å². The van der Waals surface area contributed by atoms with Gasteiger partial charge in [0.15, 0.2) is 11.5 Å². The minimum absolute atomic E-state index is 0.0579. The van der Waals surface area contributed by atoms with Crippen LogP contribution in [0.5, 0.6) is 17.4 Å². The predicted molar refractivity (Wildman–Crippen MR) is 83.8 cm³/mol. The lowest BCUT2D eigenvalue weighted by Gasteiger charge is -2.18. The second kappa shape index (κ2) is 7.00. The molecule has 2 aromatic rings. The number of hydrogen-bond acceptors (Lipinski definition) is 5. The summed E-state index contributed by atoms with van der Waals surface area (Å²) in [6, 6.07) is 9.20. The third-order valence-corrected chi connectivity index (χ3v) is 3.47. The molecule has 0 atom stereocenters. The SMILES string of the molecule is COc1cc(CNC(=O)Cc2ccc3c(c2)OCCO3)ccn1. The maximum Gasteiger partial charge on any atom is 0.224 e. The van der Waals surface area contributed by atoms with E-state index in [-0.39, 0.29) is 5.91 Å². The molecule has 1 N–H and O–H groups in total. The number of methoxy groups -OCH3 is 1. The average Bonchev–Trinajstić information content (AvgIpc) is 2.60. The summed E-state index contributed by atoms with van der Waals surface area (Å²) < 4.78 is 16.1. The van der Waals surface area contributed by atoms with Gasteiger partial charge in [-0.25, -0.2) is 4.98 Å². The van der Waals surface area contributed by atoms with E-state index < -0.39 is 0 Å². The van der Waals surface area contributed by atoms with Gasteiger partial charge in [0, 0.05) is 18.8 Å². The number of rotatable bonds is 5. The highest BCUT2D eigenvalue weighted by atomic mass is 16.6. The van der Waals surface area contributed by atoms with Gasteiger partial charge in [-0.2, -0.15) is 0 Å². The smallest absolute Gasteiger partial charge is 0.224 e. The van der Waals surface area contributed by atoms with E-state index in [2.05, 4.69) is 10.3 Å². The van der Waals surface area contributed by atoms with Crippen LogP contribution in [0, 0.1) is 0 Å². The Balaban J connectivity index is 1.56. The van der Waals surface area contributed by atoms with E-state index in [1.54, 1.807) is 19.4 Å². The summed E-state index contributed by atoms with van der Waals surface area (Å²) in [7, 11) is 1.56. The van der Waals surface area contributed by atoms with Crippen LogP contribution in [0.4, 0.5) is 0 Å². The standard InChI is InChI=1S/C17H18N2O4/c1-21-17-10-13(4-5-18-17)11-19-16(20)9-12-2-3-14-15(8-12)23-7-6-22-14/h2-5,8,10H,6-7,9,11H2,1H3,(H,19,20). The van der Waals surface area contributed by atoms with Crippen molar-refractivity contribution in [2.45, 2.75) is 13.0 Å². The molecule has 23 heavy (non-hydrogen) atoms. The fourth-order valence-corrected chi connectivity index (χ4v) is 2.32. The fourth-order valence-electron chi connectivity index (χ4n) is 2.32. The van der Waals surface area contributed by atoms with E-state index in [1.165, 1.54) is 0 Å². The lowest BCUT2D eigenvalue weighted by molar-refractivity contribution is -0.120. The van der Waals surface area contributed by atoms with Crippen molar-refractivity contribution < 1.29 is 19.0 Å². The van der Waals surface area contributed by atoms with E-state index in [9.17, 15) is 4.79 Å². The Labute approximate surface area is 134 Å². The molecule has 3 rings (SSSR count). The van der Waals surface area contributed by atoms with E-state index in [0.717, 1.165) is 16.9 Å². The molecule has 0 bridgehead atoms. The van der Waals surface area contributed by atoms with Crippen LogP contribution in [0.15, 0.2) is 36.5 Å². The first-order chi connectivity index (χ1) is 11.2. The first-order valence-corrected chi connectivity index (χ1v) is 7.39. The summed E-state index contributed by atoms with van der Waals surface area (Å²) in [5.41, 5.74) is 1.83. The Bertz CT molecular complexity index is 703. The average molecular weight is 314 g/mol. The van der Waals surface area contributed by atoms with Gasteiger partial charge in [-0.05, 0) is 29.3 Å². The van der Waals surface area contributed by atoms with Crippen LogP contribution in [-0.4, -0.2) is 31.2 Å². The van der Waals surface area contributed by atoms with Crippen molar-refractivity contribution in [1.29, 1.82) is 0 Å². The zero-order chi connectivity index (χ0) is 16.1. The van der Waals surface area contributed by atoms with E-state index in [0.29, 0.717) is 37.8 Å². The molecule has 120 valence electrons. The molecule has 6 nitrogen and oxygen atoms in total. The first kappa shape index (κ1) is 15.1. The second-order valence-electron chi connectivity index (χ2n) is 5.14. The molecule has 0 unspecified atom stereocenters. The third-order valence-electron chi connectivity index (χ3n) is 3.47. The summed E-state index contributed by atoms with van der Waals surface area (Å²) in [6.07, 6.45) is 1.94. The van der Waals surface area contributed by atoms with E-state index >= 15 is 0 Å². The Morgan fingerprint density at radius 2 is 2.00 bits per heavy atom. The van der Waals surface area contributed by atoms with Crippen LogP contribution >= 0.6 is 0 Å². The number of hydrogen-bond donors (Lipinski definition) is 1. The van der Waals surface area contributed by atoms with Gasteiger partial charge >= 0.3 is 0 Å². The number of benzene rings is 1. The molecular weight excluding hydrogens is 296 g/mol. The highest BCUT2D eigenvalue weighted by molar-refractivity contribution is 5.78. The Morgan fingerprint density at radius 1 is 1.17 bits per heavy atom. The third kappa shape index (κ3) is 3.91. The molecule has 0 radical (unpaired) electrons. The molecule has 0 aliphatic carbocycles. The molecule has 2 heterocycles. The number of carbonyl (C=O) groups is 1. The summed E-state index contributed by atoms with van der Waals surface area (Å²) >= 11 is 0. The lowest BCUT2D eigenvalue weighted by Crippen LogP contribution is -2.24. The van der Waals surface area contributed by atoms with Crippen LogP contribution in [0.1, 0.15) is 11.1 Å². The number of ether oxygens (including phenoxy) is 3. The minimum atomic E-state index is -0.0579. The molecule has 1 aromatic heterocycles. The summed E-state index contributed by atoms with van der Waals surface area (Å²) in [4.78, 5) is 16.1. The predicted octanol–water partition coefficient (Wildman–Crippen LogP) is 1.72. The zero-order valence-electron chi connectivity index (χ0n) is 12.9. The fraction of sp³-hybridized carbons (Fsp3) is 0.294. The largest absolute Gasteiger partial charge is 0.486 e. The van der Waals surface area contributed by atoms with Crippen molar-refractivity contribution in [2.75, 3.05) is 20.3 Å². The summed E-state index contributed by atoms with van der Waals surface area (Å²) in [5.74, 6) is 1.89. The molecule has 0 saturated carbocycles. The number of nitrogens with zero attached hydrogens (tertiary/aromatic N) is 1. The van der Waals surface area contributed by atoms with Crippen LogP contribution in [0.3, 0.4) is 0 Å². The molecular formula is C17H18N2O4. The van der Waals surface area contributed by atoms with E-state index in [1.807, 2.05) is 24.3 Å². The van der Waals surface area contributed by atoms with Gasteiger partial charge in [-0.15, -0.1) is 0 Å². The normalized spacial score (nSPS) is 12.6. The molecule has 6 heteroatoms. The lowest BCUT2D eigenvalue weighted by atomic mass is 10.1. The molecule has 1 aliphatic heterocycles. The van der Waals surface area contributed by atoms with Gasteiger partial charge < -0.3 is 19.5 Å². The quantitative estimate of drug-likeness (QED) is 0.910.